The number of aliphatic hydroxyl groups is 2. The number of carboxylic acid groups (broad SMARTS) is 1. The number of aromatic nitrogens is 4. The molecule has 19 heteroatoms. The molecule has 0 unspecified atom stereocenters. The quantitative estimate of drug-likeness (QED) is 0.185. The number of nitrogens with zero attached hydrogens (tertiary/aromatic N) is 5. The summed E-state index contributed by atoms with van der Waals surface area (Å²) in [6, 6.07) is -1.16. The van der Waals surface area contributed by atoms with Crippen molar-refractivity contribution in [2.75, 3.05) is 42.9 Å². The van der Waals surface area contributed by atoms with Gasteiger partial charge in [0.25, 0.3) is 0 Å². The average molecular weight is 701 g/mol. The van der Waals surface area contributed by atoms with Gasteiger partial charge in [0.05, 0.1) is 18.4 Å². The number of hydrogen-bond acceptors (Lipinski definition) is 11. The summed E-state index contributed by atoms with van der Waals surface area (Å²) in [5.41, 5.74) is 1.25. The molecular formula is C30H47F3N10O6. The number of rotatable bonds is 9. The highest BCUT2D eigenvalue weighted by Crippen LogP contribution is 2.35. The van der Waals surface area contributed by atoms with Crippen molar-refractivity contribution in [3.05, 3.63) is 6.33 Å². The van der Waals surface area contributed by atoms with Crippen LogP contribution in [0.3, 0.4) is 0 Å². The summed E-state index contributed by atoms with van der Waals surface area (Å²) in [5.74, 6) is -1.82. The highest BCUT2D eigenvalue weighted by atomic mass is 19.4. The summed E-state index contributed by atoms with van der Waals surface area (Å²) >= 11 is 0. The van der Waals surface area contributed by atoms with Crippen molar-refractivity contribution in [2.45, 2.75) is 102 Å². The van der Waals surface area contributed by atoms with Crippen molar-refractivity contribution >= 4 is 40.8 Å². The number of alkyl halides is 3. The topological polar surface area (TPSA) is 219 Å². The first-order chi connectivity index (χ1) is 23.0. The number of carbonyl (C=O) groups excluding carboxylic acids is 2. The van der Waals surface area contributed by atoms with Crippen LogP contribution in [0, 0.1) is 5.41 Å². The number of carboxylic acids is 1. The Balaban J connectivity index is 0.000000698. The minimum Gasteiger partial charge on any atom is -0.475 e. The van der Waals surface area contributed by atoms with Crippen LogP contribution in [0.25, 0.3) is 11.2 Å². The first kappa shape index (κ1) is 37.8. The number of imidazole rings is 1. The van der Waals surface area contributed by atoms with Crippen LogP contribution in [-0.4, -0.2) is 122 Å². The molecule has 1 saturated carbocycles. The molecule has 3 amide bonds. The third kappa shape index (κ3) is 10.0. The Morgan fingerprint density at radius 2 is 1.73 bits per heavy atom. The van der Waals surface area contributed by atoms with Gasteiger partial charge < -0.3 is 51.4 Å². The lowest BCUT2D eigenvalue weighted by molar-refractivity contribution is -0.192. The summed E-state index contributed by atoms with van der Waals surface area (Å²) < 4.78 is 33.5. The molecule has 8 N–H and O–H groups in total. The molecule has 49 heavy (non-hydrogen) atoms. The fourth-order valence-electron chi connectivity index (χ4n) is 5.95. The normalized spacial score (nSPS) is 25.5. The molecule has 0 spiro atoms. The minimum atomic E-state index is -5.08. The van der Waals surface area contributed by atoms with Crippen molar-refractivity contribution in [1.29, 1.82) is 0 Å². The third-order valence-corrected chi connectivity index (χ3v) is 8.70. The molecule has 4 heterocycles. The van der Waals surface area contributed by atoms with Crippen LogP contribution in [0.4, 0.5) is 29.7 Å². The van der Waals surface area contributed by atoms with E-state index >= 15 is 0 Å². The molecule has 16 nitrogen and oxygen atoms in total. The Bertz CT molecular complexity index is 1460. The van der Waals surface area contributed by atoms with Crippen molar-refractivity contribution in [2.24, 2.45) is 5.41 Å². The minimum absolute atomic E-state index is 0.0457. The maximum atomic E-state index is 12.6. The van der Waals surface area contributed by atoms with E-state index in [1.54, 1.807) is 17.8 Å². The highest BCUT2D eigenvalue weighted by molar-refractivity contribution is 5.84. The number of hydrogen-bond donors (Lipinski definition) is 8. The maximum Gasteiger partial charge on any atom is 0.490 e. The second kappa shape index (κ2) is 15.7. The molecule has 2 aliphatic heterocycles. The second-order valence-corrected chi connectivity index (χ2v) is 13.8. The van der Waals surface area contributed by atoms with Crippen LogP contribution in [0.5, 0.6) is 0 Å². The van der Waals surface area contributed by atoms with Crippen LogP contribution < -0.4 is 31.5 Å². The van der Waals surface area contributed by atoms with Gasteiger partial charge in [-0.25, -0.2) is 14.6 Å². The van der Waals surface area contributed by atoms with Crippen LogP contribution >= 0.6 is 0 Å². The molecule has 6 atom stereocenters. The van der Waals surface area contributed by atoms with E-state index < -0.39 is 36.4 Å². The Hall–Kier alpha value is -3.97. The van der Waals surface area contributed by atoms with E-state index in [4.69, 9.17) is 19.9 Å². The van der Waals surface area contributed by atoms with Crippen LogP contribution in [0.2, 0.25) is 0 Å². The van der Waals surface area contributed by atoms with E-state index in [0.29, 0.717) is 55.4 Å². The molecule has 3 fully saturated rings. The summed E-state index contributed by atoms with van der Waals surface area (Å²) in [6.07, 6.45) is -2.43. The number of aliphatic carboxylic acids is 1. The molecule has 2 saturated heterocycles. The summed E-state index contributed by atoms with van der Waals surface area (Å²) in [5, 5.41) is 44.5. The lowest BCUT2D eigenvalue weighted by Crippen LogP contribution is -2.47. The van der Waals surface area contributed by atoms with E-state index in [1.165, 1.54) is 0 Å². The molecule has 1 aliphatic carbocycles. The number of aliphatic hydroxyl groups excluding tert-OH is 2. The zero-order valence-corrected chi connectivity index (χ0v) is 28.0. The molecule has 5 rings (SSSR count). The summed E-state index contributed by atoms with van der Waals surface area (Å²) in [6.45, 7) is 11.9. The van der Waals surface area contributed by atoms with E-state index in [0.717, 1.165) is 32.4 Å². The number of halogens is 3. The molecule has 0 radical (unpaired) electrons. The largest absolute Gasteiger partial charge is 0.490 e. The van der Waals surface area contributed by atoms with Crippen molar-refractivity contribution in [1.82, 2.24) is 40.8 Å². The lowest BCUT2D eigenvalue weighted by atomic mass is 9.92. The Kier molecular flexibility index (Phi) is 12.1. The predicted molar refractivity (Wildman–Crippen MR) is 173 cm³/mol. The molecule has 2 aromatic rings. The van der Waals surface area contributed by atoms with Gasteiger partial charge in [0, 0.05) is 44.7 Å². The van der Waals surface area contributed by atoms with Crippen LogP contribution in [0.15, 0.2) is 6.33 Å². The van der Waals surface area contributed by atoms with Crippen molar-refractivity contribution in [3.8, 4) is 0 Å². The zero-order valence-electron chi connectivity index (χ0n) is 28.0. The second-order valence-electron chi connectivity index (χ2n) is 13.8. The van der Waals surface area contributed by atoms with Crippen molar-refractivity contribution in [3.63, 3.8) is 0 Å². The van der Waals surface area contributed by atoms with Gasteiger partial charge in [0.1, 0.15) is 12.2 Å². The van der Waals surface area contributed by atoms with Gasteiger partial charge in [-0.3, -0.25) is 4.79 Å². The van der Waals surface area contributed by atoms with Gasteiger partial charge >= 0.3 is 18.2 Å². The Labute approximate surface area is 281 Å². The van der Waals surface area contributed by atoms with Gasteiger partial charge in [0.15, 0.2) is 17.0 Å². The first-order valence-electron chi connectivity index (χ1n) is 16.4. The lowest BCUT2D eigenvalue weighted by Gasteiger charge is -2.22. The van der Waals surface area contributed by atoms with Gasteiger partial charge in [-0.15, -0.1) is 0 Å². The number of urea groups is 1. The first-order valence-corrected chi connectivity index (χ1v) is 16.4. The zero-order chi connectivity index (χ0) is 36.1. The number of nitrogens with one attached hydrogen (secondary N) is 5. The molecule has 274 valence electrons. The highest BCUT2D eigenvalue weighted by Gasteiger charge is 2.44. The molecule has 2 aromatic heterocycles. The molecular weight excluding hydrogens is 653 g/mol. The Morgan fingerprint density at radius 3 is 2.35 bits per heavy atom. The van der Waals surface area contributed by atoms with Crippen LogP contribution in [0.1, 0.15) is 65.8 Å². The van der Waals surface area contributed by atoms with Gasteiger partial charge in [-0.05, 0) is 37.6 Å². The molecule has 3 aliphatic rings. The summed E-state index contributed by atoms with van der Waals surface area (Å²) in [7, 11) is 0. The summed E-state index contributed by atoms with van der Waals surface area (Å²) in [4.78, 5) is 49.9. The van der Waals surface area contributed by atoms with Gasteiger partial charge in [-0.2, -0.15) is 23.1 Å². The standard InChI is InChI=1S/C28H46N10O4.C2HF3O2/c1-5-20(39)34-18-12-19(23(41)22(18)40)38-15-31-21-24(30-10-8-28(2,3)4)35-26(36-25(21)38)37-11-7-17(14-37)33-27(42)32-16-6-9-29-13-16;3-2(4,5)1(6)7/h15-19,22-23,29,40-41H,5-14H2,1-4H3,(H,34,39)(H,30,35,36)(H2,32,33,42);(H,6,7)/t16-,17-,18+,19-,22-,23+;/m1./s1. The number of amides is 3. The average Bonchev–Trinajstić information content (AvgIpc) is 3.82. The maximum absolute atomic E-state index is 12.6. The van der Waals surface area contributed by atoms with Crippen molar-refractivity contribution < 1.29 is 42.9 Å². The number of anilines is 2. The van der Waals surface area contributed by atoms with E-state index in [-0.39, 0.29) is 29.4 Å². The SMILES string of the molecule is CCC(=O)N[C@H]1C[C@@H](n2cnc3c(NCCC(C)(C)C)nc(N4CC[C@@H](NC(=O)N[C@@H]5CCNC5)C4)nc32)[C@H](O)[C@@H]1O.O=C(O)C(F)(F)F. The van der Waals surface area contributed by atoms with Crippen LogP contribution in [-0.2, 0) is 9.59 Å². The number of carbonyl (C=O) groups is 3. The Morgan fingerprint density at radius 1 is 1.04 bits per heavy atom. The van der Waals surface area contributed by atoms with Gasteiger partial charge in [-0.1, -0.05) is 27.7 Å². The number of fused-ring (bicyclic) bond motifs is 1. The van der Waals surface area contributed by atoms with E-state index in [9.17, 15) is 33.0 Å². The predicted octanol–water partition coefficient (Wildman–Crippen LogP) is 1.11. The molecule has 0 bridgehead atoms. The van der Waals surface area contributed by atoms with E-state index in [1.807, 2.05) is 0 Å². The third-order valence-electron chi connectivity index (χ3n) is 8.70. The smallest absolute Gasteiger partial charge is 0.475 e. The molecule has 0 aromatic carbocycles. The fraction of sp³-hybridized carbons (Fsp3) is 0.733. The van der Waals surface area contributed by atoms with Gasteiger partial charge in [0.2, 0.25) is 11.9 Å². The monoisotopic (exact) mass is 700 g/mol. The fourth-order valence-corrected chi connectivity index (χ4v) is 5.95. The van der Waals surface area contributed by atoms with E-state index in [2.05, 4.69) is 57.2 Å².